The van der Waals surface area contributed by atoms with Gasteiger partial charge in [0.25, 0.3) is 15.9 Å². The molecule has 3 rings (SSSR count). The van der Waals surface area contributed by atoms with Crippen molar-refractivity contribution >= 4 is 27.3 Å². The molecule has 0 aromatic heterocycles. The van der Waals surface area contributed by atoms with Gasteiger partial charge in [0, 0.05) is 6.54 Å². The predicted molar refractivity (Wildman–Crippen MR) is 131 cm³/mol. The number of nitrogens with one attached hydrogen (secondary N) is 1. The van der Waals surface area contributed by atoms with Crippen LogP contribution in [0.25, 0.3) is 0 Å². The number of nitrogens with zero attached hydrogens (tertiary/aromatic N) is 1. The molecule has 8 nitrogen and oxygen atoms in total. The Morgan fingerprint density at radius 2 is 1.59 bits per heavy atom. The number of ether oxygens (including phenoxy) is 3. The number of carbonyl (C=O) groups excluding carboxylic acids is 1. The minimum atomic E-state index is -3.88. The predicted octanol–water partition coefficient (Wildman–Crippen LogP) is 4.24. The van der Waals surface area contributed by atoms with Crippen LogP contribution in [0, 0.1) is 6.92 Å². The molecule has 0 bridgehead atoms. The zero-order chi connectivity index (χ0) is 24.7. The fourth-order valence-corrected chi connectivity index (χ4v) is 4.88. The van der Waals surface area contributed by atoms with Gasteiger partial charge in [-0.3, -0.25) is 9.10 Å². The van der Waals surface area contributed by atoms with Crippen molar-refractivity contribution in [1.29, 1.82) is 0 Å². The molecule has 3 aromatic carbocycles. The lowest BCUT2D eigenvalue weighted by Crippen LogP contribution is -2.30. The molecule has 0 aliphatic heterocycles. The zero-order valence-corrected chi connectivity index (χ0v) is 20.4. The number of hydrogen-bond acceptors (Lipinski definition) is 6. The summed E-state index contributed by atoms with van der Waals surface area (Å²) in [4.78, 5) is 12.6. The average Bonchev–Trinajstić information content (AvgIpc) is 2.84. The molecule has 0 saturated carbocycles. The molecule has 1 amide bonds. The second-order valence-electron chi connectivity index (χ2n) is 7.36. The minimum Gasteiger partial charge on any atom is -0.495 e. The van der Waals surface area contributed by atoms with Gasteiger partial charge in [-0.05, 0) is 61.9 Å². The first-order valence-corrected chi connectivity index (χ1v) is 12.1. The molecule has 0 aliphatic rings. The van der Waals surface area contributed by atoms with Crippen molar-refractivity contribution in [2.45, 2.75) is 18.7 Å². The van der Waals surface area contributed by atoms with E-state index in [0.717, 1.165) is 5.56 Å². The van der Waals surface area contributed by atoms with Crippen LogP contribution in [0.3, 0.4) is 0 Å². The quantitative estimate of drug-likeness (QED) is 0.463. The van der Waals surface area contributed by atoms with Gasteiger partial charge in [-0.25, -0.2) is 8.42 Å². The Balaban J connectivity index is 1.82. The highest BCUT2D eigenvalue weighted by atomic mass is 32.2. The molecule has 0 atom stereocenters. The number of methoxy groups -OCH3 is 2. The van der Waals surface area contributed by atoms with Gasteiger partial charge in [-0.15, -0.1) is 0 Å². The highest BCUT2D eigenvalue weighted by Crippen LogP contribution is 2.31. The fraction of sp³-hybridized carbons (Fsp3) is 0.240. The third kappa shape index (κ3) is 5.60. The molecule has 0 radical (unpaired) electrons. The van der Waals surface area contributed by atoms with Crippen LogP contribution in [-0.4, -0.2) is 41.7 Å². The average molecular weight is 485 g/mol. The van der Waals surface area contributed by atoms with Crippen LogP contribution in [-0.2, 0) is 14.8 Å². The van der Waals surface area contributed by atoms with E-state index in [0.29, 0.717) is 22.9 Å². The van der Waals surface area contributed by atoms with Gasteiger partial charge in [-0.1, -0.05) is 24.3 Å². The molecule has 0 fully saturated rings. The summed E-state index contributed by atoms with van der Waals surface area (Å²) in [6.45, 7) is 3.62. The number of hydrogen-bond donors (Lipinski definition) is 1. The van der Waals surface area contributed by atoms with Crippen molar-refractivity contribution < 1.29 is 27.4 Å². The first kappa shape index (κ1) is 24.9. The maximum absolute atomic E-state index is 13.3. The maximum atomic E-state index is 13.3. The highest BCUT2D eigenvalue weighted by Gasteiger charge is 2.25. The number of rotatable bonds is 10. The molecule has 3 aromatic rings. The highest BCUT2D eigenvalue weighted by molar-refractivity contribution is 7.92. The van der Waals surface area contributed by atoms with Crippen molar-refractivity contribution in [2.24, 2.45) is 0 Å². The number of sulfonamides is 1. The van der Waals surface area contributed by atoms with E-state index in [-0.39, 0.29) is 23.7 Å². The lowest BCUT2D eigenvalue weighted by Gasteiger charge is -2.23. The SMILES string of the molecule is CCN(c1ccccc1)S(=O)(=O)c1ccc(OC)c(NC(=O)COc2ccc(C)cc2OC)c1. The van der Waals surface area contributed by atoms with E-state index in [9.17, 15) is 13.2 Å². The molecule has 0 aliphatic carbocycles. The van der Waals surface area contributed by atoms with Gasteiger partial charge in [-0.2, -0.15) is 0 Å². The summed E-state index contributed by atoms with van der Waals surface area (Å²) in [5.74, 6) is 0.779. The van der Waals surface area contributed by atoms with Gasteiger partial charge in [0.1, 0.15) is 5.75 Å². The Morgan fingerprint density at radius 1 is 0.912 bits per heavy atom. The van der Waals surface area contributed by atoms with Crippen molar-refractivity contribution in [3.63, 3.8) is 0 Å². The molecule has 180 valence electrons. The van der Waals surface area contributed by atoms with Crippen LogP contribution in [0.1, 0.15) is 12.5 Å². The van der Waals surface area contributed by atoms with Crippen molar-refractivity contribution in [3.8, 4) is 17.2 Å². The van der Waals surface area contributed by atoms with E-state index in [1.807, 2.05) is 19.1 Å². The summed E-state index contributed by atoms with van der Waals surface area (Å²) in [6.07, 6.45) is 0. The van der Waals surface area contributed by atoms with E-state index < -0.39 is 15.9 Å². The molecule has 0 unspecified atom stereocenters. The normalized spacial score (nSPS) is 10.9. The molecular formula is C25H28N2O6S. The van der Waals surface area contributed by atoms with E-state index in [4.69, 9.17) is 14.2 Å². The van der Waals surface area contributed by atoms with E-state index >= 15 is 0 Å². The number of benzene rings is 3. The third-order valence-electron chi connectivity index (χ3n) is 5.04. The lowest BCUT2D eigenvalue weighted by molar-refractivity contribution is -0.118. The van der Waals surface area contributed by atoms with E-state index in [1.165, 1.54) is 36.7 Å². The van der Waals surface area contributed by atoms with Crippen LogP contribution >= 0.6 is 0 Å². The second-order valence-corrected chi connectivity index (χ2v) is 9.22. The summed E-state index contributed by atoms with van der Waals surface area (Å²) >= 11 is 0. The first-order chi connectivity index (χ1) is 16.3. The van der Waals surface area contributed by atoms with Crippen LogP contribution in [0.15, 0.2) is 71.6 Å². The third-order valence-corrected chi connectivity index (χ3v) is 6.94. The Labute approximate surface area is 200 Å². The largest absolute Gasteiger partial charge is 0.495 e. The zero-order valence-electron chi connectivity index (χ0n) is 19.6. The van der Waals surface area contributed by atoms with Crippen LogP contribution < -0.4 is 23.8 Å². The number of para-hydroxylation sites is 1. The summed E-state index contributed by atoms with van der Waals surface area (Å²) in [5, 5.41) is 2.68. The Morgan fingerprint density at radius 3 is 2.24 bits per heavy atom. The summed E-state index contributed by atoms with van der Waals surface area (Å²) in [6, 6.07) is 18.5. The van der Waals surface area contributed by atoms with Gasteiger partial charge in [0.05, 0.1) is 30.5 Å². The number of aryl methyl sites for hydroxylation is 1. The van der Waals surface area contributed by atoms with E-state index in [1.54, 1.807) is 43.3 Å². The van der Waals surface area contributed by atoms with Crippen LogP contribution in [0.2, 0.25) is 0 Å². The number of carbonyl (C=O) groups is 1. The van der Waals surface area contributed by atoms with Crippen LogP contribution in [0.4, 0.5) is 11.4 Å². The Kier molecular flexibility index (Phi) is 8.01. The smallest absolute Gasteiger partial charge is 0.264 e. The Bertz CT molecular complexity index is 1250. The summed E-state index contributed by atoms with van der Waals surface area (Å²) < 4.78 is 44.2. The van der Waals surface area contributed by atoms with Crippen LogP contribution in [0.5, 0.6) is 17.2 Å². The monoisotopic (exact) mass is 484 g/mol. The standard InChI is InChI=1S/C25H28N2O6S/c1-5-27(19-9-7-6-8-10-19)34(29,30)20-12-14-22(31-3)21(16-20)26-25(28)17-33-23-13-11-18(2)15-24(23)32-4/h6-16H,5,17H2,1-4H3,(H,26,28). The molecule has 0 saturated heterocycles. The van der Waals surface area contributed by atoms with Gasteiger partial charge in [0.2, 0.25) is 0 Å². The van der Waals surface area contributed by atoms with Crippen molar-refractivity contribution in [1.82, 2.24) is 0 Å². The maximum Gasteiger partial charge on any atom is 0.264 e. The topological polar surface area (TPSA) is 94.2 Å². The van der Waals surface area contributed by atoms with Gasteiger partial charge < -0.3 is 19.5 Å². The molecule has 0 spiro atoms. The van der Waals surface area contributed by atoms with Gasteiger partial charge in [0.15, 0.2) is 18.1 Å². The molecule has 0 heterocycles. The Hall–Kier alpha value is -3.72. The second kappa shape index (κ2) is 10.9. The number of amides is 1. The van der Waals surface area contributed by atoms with Gasteiger partial charge >= 0.3 is 0 Å². The van der Waals surface area contributed by atoms with E-state index in [2.05, 4.69) is 5.32 Å². The summed E-state index contributed by atoms with van der Waals surface area (Å²) in [7, 11) is -0.916. The summed E-state index contributed by atoms with van der Waals surface area (Å²) in [5.41, 5.74) is 1.76. The molecule has 9 heteroatoms. The molecule has 1 N–H and O–H groups in total. The minimum absolute atomic E-state index is 0.0235. The van der Waals surface area contributed by atoms with Crippen molar-refractivity contribution in [2.75, 3.05) is 37.0 Å². The fourth-order valence-electron chi connectivity index (χ4n) is 3.38. The molecular weight excluding hydrogens is 456 g/mol. The molecule has 34 heavy (non-hydrogen) atoms. The number of anilines is 2. The van der Waals surface area contributed by atoms with Crippen molar-refractivity contribution in [3.05, 3.63) is 72.3 Å². The first-order valence-electron chi connectivity index (χ1n) is 10.6. The lowest BCUT2D eigenvalue weighted by atomic mass is 10.2.